The van der Waals surface area contributed by atoms with Crippen LogP contribution in [0.15, 0.2) is 54.6 Å². The Morgan fingerprint density at radius 2 is 1.56 bits per heavy atom. The summed E-state index contributed by atoms with van der Waals surface area (Å²) in [5, 5.41) is 6.42. The van der Waals surface area contributed by atoms with Crippen molar-refractivity contribution in [2.24, 2.45) is 11.8 Å². The number of nitrogens with one attached hydrogen (secondary N) is 2. The number of carbonyl (C=O) groups excluding carboxylic acids is 2. The third kappa shape index (κ3) is 4.83. The van der Waals surface area contributed by atoms with Crippen molar-refractivity contribution in [1.29, 1.82) is 0 Å². The summed E-state index contributed by atoms with van der Waals surface area (Å²) >= 11 is 6.07. The van der Waals surface area contributed by atoms with Crippen LogP contribution < -0.4 is 10.6 Å². The molecule has 2 atom stereocenters. The molecule has 1 fully saturated rings. The molecular weight excluding hydrogens is 336 g/mol. The van der Waals surface area contributed by atoms with Gasteiger partial charge in [-0.2, -0.15) is 0 Å². The molecule has 5 heteroatoms. The van der Waals surface area contributed by atoms with E-state index in [9.17, 15) is 9.59 Å². The van der Waals surface area contributed by atoms with Gasteiger partial charge in [0, 0.05) is 18.1 Å². The molecule has 130 valence electrons. The van der Waals surface area contributed by atoms with Gasteiger partial charge in [0.25, 0.3) is 0 Å². The molecule has 2 unspecified atom stereocenters. The molecule has 2 N–H and O–H groups in total. The minimum Gasteiger partial charge on any atom is -0.356 e. The molecule has 25 heavy (non-hydrogen) atoms. The fourth-order valence-corrected chi connectivity index (χ4v) is 3.04. The second-order valence-corrected chi connectivity index (χ2v) is 6.69. The Morgan fingerprint density at radius 3 is 2.28 bits per heavy atom. The smallest absolute Gasteiger partial charge is 0.224 e. The Balaban J connectivity index is 1.38. The van der Waals surface area contributed by atoms with Crippen molar-refractivity contribution in [2.75, 3.05) is 6.54 Å². The Hall–Kier alpha value is -2.33. The highest BCUT2D eigenvalue weighted by Gasteiger charge is 2.47. The average Bonchev–Trinajstić information content (AvgIpc) is 3.43. The monoisotopic (exact) mass is 356 g/mol. The SMILES string of the molecule is O=C(NCCc1ccccc1)C1CC1C(=O)NCc1ccccc1Cl. The molecule has 0 radical (unpaired) electrons. The molecule has 0 aliphatic heterocycles. The van der Waals surface area contributed by atoms with Crippen LogP contribution >= 0.6 is 11.6 Å². The molecule has 0 aromatic heterocycles. The lowest BCUT2D eigenvalue weighted by atomic mass is 10.1. The van der Waals surface area contributed by atoms with Crippen molar-refractivity contribution in [3.05, 3.63) is 70.7 Å². The number of rotatable bonds is 7. The van der Waals surface area contributed by atoms with Crippen LogP contribution in [0.1, 0.15) is 17.5 Å². The van der Waals surface area contributed by atoms with Crippen LogP contribution in [-0.4, -0.2) is 18.4 Å². The molecule has 1 saturated carbocycles. The minimum absolute atomic E-state index is 0.0335. The van der Waals surface area contributed by atoms with E-state index < -0.39 is 0 Å². The minimum atomic E-state index is -0.223. The first-order valence-corrected chi connectivity index (χ1v) is 8.85. The summed E-state index contributed by atoms with van der Waals surface area (Å²) in [6, 6.07) is 17.4. The van der Waals surface area contributed by atoms with Gasteiger partial charge in [-0.05, 0) is 30.0 Å². The summed E-state index contributed by atoms with van der Waals surface area (Å²) in [6.07, 6.45) is 1.41. The fraction of sp³-hybridized carbons (Fsp3) is 0.300. The molecule has 2 amide bonds. The van der Waals surface area contributed by atoms with Crippen LogP contribution in [0.3, 0.4) is 0 Å². The Bertz CT molecular complexity index is 748. The first-order chi connectivity index (χ1) is 12.1. The normalized spacial score (nSPS) is 18.4. The van der Waals surface area contributed by atoms with E-state index in [0.717, 1.165) is 12.0 Å². The summed E-state index contributed by atoms with van der Waals surface area (Å²) in [4.78, 5) is 24.3. The zero-order valence-electron chi connectivity index (χ0n) is 13.9. The Labute approximate surface area is 152 Å². The number of hydrogen-bond donors (Lipinski definition) is 2. The average molecular weight is 357 g/mol. The highest BCUT2D eigenvalue weighted by atomic mass is 35.5. The van der Waals surface area contributed by atoms with Crippen LogP contribution in [-0.2, 0) is 22.6 Å². The highest BCUT2D eigenvalue weighted by Crippen LogP contribution is 2.38. The van der Waals surface area contributed by atoms with E-state index >= 15 is 0 Å². The number of hydrogen-bond acceptors (Lipinski definition) is 2. The van der Waals surface area contributed by atoms with E-state index in [-0.39, 0.29) is 23.7 Å². The molecule has 0 heterocycles. The second kappa shape index (κ2) is 8.17. The van der Waals surface area contributed by atoms with Crippen molar-refractivity contribution in [3.8, 4) is 0 Å². The third-order valence-electron chi connectivity index (χ3n) is 4.43. The number of amides is 2. The van der Waals surface area contributed by atoms with Gasteiger partial charge in [-0.3, -0.25) is 9.59 Å². The van der Waals surface area contributed by atoms with Crippen molar-refractivity contribution < 1.29 is 9.59 Å². The van der Waals surface area contributed by atoms with Gasteiger partial charge in [-0.15, -0.1) is 0 Å². The van der Waals surface area contributed by atoms with E-state index in [4.69, 9.17) is 11.6 Å². The standard InChI is InChI=1S/C20H21ClN2O2/c21-18-9-5-4-8-15(18)13-23-20(25)17-12-16(17)19(24)22-11-10-14-6-2-1-3-7-14/h1-9,16-17H,10-13H2,(H,22,24)(H,23,25). The maximum absolute atomic E-state index is 12.2. The van der Waals surface area contributed by atoms with E-state index in [2.05, 4.69) is 10.6 Å². The molecule has 0 bridgehead atoms. The number of halogens is 1. The van der Waals surface area contributed by atoms with E-state index in [1.54, 1.807) is 6.07 Å². The first kappa shape index (κ1) is 17.5. The van der Waals surface area contributed by atoms with Gasteiger partial charge < -0.3 is 10.6 Å². The van der Waals surface area contributed by atoms with E-state index in [1.165, 1.54) is 5.56 Å². The van der Waals surface area contributed by atoms with Gasteiger partial charge in [0.2, 0.25) is 11.8 Å². The van der Waals surface area contributed by atoms with Gasteiger partial charge in [0.05, 0.1) is 11.8 Å². The van der Waals surface area contributed by atoms with Gasteiger partial charge in [0.15, 0.2) is 0 Å². The molecule has 1 aliphatic rings. The molecule has 4 nitrogen and oxygen atoms in total. The number of carbonyl (C=O) groups is 2. The molecule has 0 spiro atoms. The highest BCUT2D eigenvalue weighted by molar-refractivity contribution is 6.31. The lowest BCUT2D eigenvalue weighted by Crippen LogP contribution is -2.31. The summed E-state index contributed by atoms with van der Waals surface area (Å²) in [5.41, 5.74) is 2.06. The predicted molar refractivity (Wildman–Crippen MR) is 98.1 cm³/mol. The van der Waals surface area contributed by atoms with E-state index in [1.807, 2.05) is 48.5 Å². The maximum Gasteiger partial charge on any atom is 0.224 e. The van der Waals surface area contributed by atoms with Crippen molar-refractivity contribution in [1.82, 2.24) is 10.6 Å². The topological polar surface area (TPSA) is 58.2 Å². The van der Waals surface area contributed by atoms with Gasteiger partial charge in [-0.1, -0.05) is 60.1 Å². The summed E-state index contributed by atoms with van der Waals surface area (Å²) in [5.74, 6) is -0.543. The third-order valence-corrected chi connectivity index (χ3v) is 4.80. The van der Waals surface area contributed by atoms with Crippen molar-refractivity contribution in [3.63, 3.8) is 0 Å². The molecule has 1 aliphatic carbocycles. The molecule has 2 aromatic carbocycles. The summed E-state index contributed by atoms with van der Waals surface area (Å²) in [7, 11) is 0. The lowest BCUT2D eigenvalue weighted by molar-refractivity contribution is -0.127. The maximum atomic E-state index is 12.2. The van der Waals surface area contributed by atoms with Crippen LogP contribution in [0.2, 0.25) is 5.02 Å². The summed E-state index contributed by atoms with van der Waals surface area (Å²) in [6.45, 7) is 0.977. The number of benzene rings is 2. The fourth-order valence-electron chi connectivity index (χ4n) is 2.84. The van der Waals surface area contributed by atoms with Crippen molar-refractivity contribution >= 4 is 23.4 Å². The van der Waals surface area contributed by atoms with E-state index in [0.29, 0.717) is 24.5 Å². The zero-order valence-corrected chi connectivity index (χ0v) is 14.6. The zero-order chi connectivity index (χ0) is 17.6. The van der Waals surface area contributed by atoms with Gasteiger partial charge in [0.1, 0.15) is 0 Å². The van der Waals surface area contributed by atoms with Crippen LogP contribution in [0.5, 0.6) is 0 Å². The van der Waals surface area contributed by atoms with Gasteiger partial charge >= 0.3 is 0 Å². The quantitative estimate of drug-likeness (QED) is 0.801. The second-order valence-electron chi connectivity index (χ2n) is 6.28. The summed E-state index contributed by atoms with van der Waals surface area (Å²) < 4.78 is 0. The first-order valence-electron chi connectivity index (χ1n) is 8.48. The molecule has 0 saturated heterocycles. The van der Waals surface area contributed by atoms with Crippen LogP contribution in [0.25, 0.3) is 0 Å². The Morgan fingerprint density at radius 1 is 0.920 bits per heavy atom. The van der Waals surface area contributed by atoms with Crippen LogP contribution in [0, 0.1) is 11.8 Å². The van der Waals surface area contributed by atoms with Crippen LogP contribution in [0.4, 0.5) is 0 Å². The van der Waals surface area contributed by atoms with Gasteiger partial charge in [-0.25, -0.2) is 0 Å². The van der Waals surface area contributed by atoms with Crippen molar-refractivity contribution in [2.45, 2.75) is 19.4 Å². The molecular formula is C20H21ClN2O2. The molecule has 2 aromatic rings. The Kier molecular flexibility index (Phi) is 5.71. The molecule has 3 rings (SSSR count). The lowest BCUT2D eigenvalue weighted by Gasteiger charge is -2.07. The predicted octanol–water partition coefficient (Wildman–Crippen LogP) is 2.95. The largest absolute Gasteiger partial charge is 0.356 e.